The van der Waals surface area contributed by atoms with Crippen LogP contribution >= 0.6 is 0 Å². The van der Waals surface area contributed by atoms with Gasteiger partial charge in [0.15, 0.2) is 0 Å². The van der Waals surface area contributed by atoms with Gasteiger partial charge in [-0.2, -0.15) is 0 Å². The summed E-state index contributed by atoms with van der Waals surface area (Å²) in [6.07, 6.45) is 5.36. The molecule has 0 amide bonds. The highest BCUT2D eigenvalue weighted by molar-refractivity contribution is 5.83. The van der Waals surface area contributed by atoms with Crippen molar-refractivity contribution in [3.05, 3.63) is 11.1 Å². The average Bonchev–Trinajstić information content (AvgIpc) is 2.09. The van der Waals surface area contributed by atoms with E-state index in [0.29, 0.717) is 17.1 Å². The molecular weight excluding hydrogens is 172 g/mol. The zero-order valence-electron chi connectivity index (χ0n) is 9.52. The molecule has 1 saturated carbocycles. The highest BCUT2D eigenvalue weighted by Crippen LogP contribution is 2.50. The maximum atomic E-state index is 11.9. The van der Waals surface area contributed by atoms with Gasteiger partial charge in [-0.05, 0) is 44.9 Å². The number of hydrogen-bond acceptors (Lipinski definition) is 1. The van der Waals surface area contributed by atoms with E-state index in [1.54, 1.807) is 0 Å². The largest absolute Gasteiger partial charge is 0.299 e. The van der Waals surface area contributed by atoms with Crippen LogP contribution in [0, 0.1) is 11.3 Å². The molecule has 0 unspecified atom stereocenters. The van der Waals surface area contributed by atoms with Crippen molar-refractivity contribution in [1.82, 2.24) is 0 Å². The second-order valence-corrected chi connectivity index (χ2v) is 5.47. The van der Waals surface area contributed by atoms with Gasteiger partial charge in [0.05, 0.1) is 0 Å². The Hall–Kier alpha value is -0.590. The molecule has 1 fully saturated rings. The Morgan fingerprint density at radius 3 is 2.71 bits per heavy atom. The maximum absolute atomic E-state index is 11.9. The molecule has 0 aliphatic heterocycles. The van der Waals surface area contributed by atoms with Crippen LogP contribution in [0.15, 0.2) is 11.1 Å². The third-order valence-electron chi connectivity index (χ3n) is 4.31. The van der Waals surface area contributed by atoms with E-state index in [1.807, 2.05) is 0 Å². The summed E-state index contributed by atoms with van der Waals surface area (Å²) in [6, 6.07) is 0. The molecule has 0 heterocycles. The molecular formula is C13H20O. The first-order valence-corrected chi connectivity index (χ1v) is 5.71. The van der Waals surface area contributed by atoms with E-state index in [2.05, 4.69) is 20.8 Å². The molecule has 0 N–H and O–H groups in total. The minimum Gasteiger partial charge on any atom is -0.299 e. The number of rotatable bonds is 0. The van der Waals surface area contributed by atoms with Crippen LogP contribution in [0.1, 0.15) is 52.9 Å². The van der Waals surface area contributed by atoms with E-state index in [-0.39, 0.29) is 0 Å². The fourth-order valence-electron chi connectivity index (χ4n) is 3.21. The summed E-state index contributed by atoms with van der Waals surface area (Å²) in [5.74, 6) is 0.852. The van der Waals surface area contributed by atoms with Crippen molar-refractivity contribution < 1.29 is 4.79 Å². The molecule has 14 heavy (non-hydrogen) atoms. The Morgan fingerprint density at radius 2 is 2.00 bits per heavy atom. The summed E-state index contributed by atoms with van der Waals surface area (Å²) >= 11 is 0. The van der Waals surface area contributed by atoms with Crippen LogP contribution in [0.2, 0.25) is 0 Å². The van der Waals surface area contributed by atoms with E-state index in [0.717, 1.165) is 25.7 Å². The molecule has 1 heteroatoms. The molecule has 0 radical (unpaired) electrons. The van der Waals surface area contributed by atoms with Gasteiger partial charge in [0.2, 0.25) is 0 Å². The monoisotopic (exact) mass is 192 g/mol. The van der Waals surface area contributed by atoms with E-state index < -0.39 is 0 Å². The lowest BCUT2D eigenvalue weighted by Crippen LogP contribution is -2.40. The zero-order valence-corrected chi connectivity index (χ0v) is 9.52. The SMILES string of the molecule is CC1=C(C)C[C@]2(C)CCCC(=O)[C@@H]2C1. The predicted octanol–water partition coefficient (Wildman–Crippen LogP) is 3.49. The fourth-order valence-corrected chi connectivity index (χ4v) is 3.21. The Morgan fingerprint density at radius 1 is 1.29 bits per heavy atom. The quantitative estimate of drug-likeness (QED) is 0.537. The standard InChI is InChI=1S/C13H20O/c1-9-7-11-12(14)5-4-6-13(11,3)8-10(9)2/h11H,4-8H2,1-3H3/t11-,13-/m0/s1. The minimum atomic E-state index is 0.291. The number of ketones is 1. The molecule has 2 aliphatic rings. The smallest absolute Gasteiger partial charge is 0.136 e. The lowest BCUT2D eigenvalue weighted by atomic mass is 9.59. The zero-order chi connectivity index (χ0) is 10.3. The van der Waals surface area contributed by atoms with E-state index in [4.69, 9.17) is 0 Å². The lowest BCUT2D eigenvalue weighted by Gasteiger charge is -2.44. The summed E-state index contributed by atoms with van der Waals surface area (Å²) in [5.41, 5.74) is 3.28. The van der Waals surface area contributed by atoms with Crippen molar-refractivity contribution in [2.24, 2.45) is 11.3 Å². The number of hydrogen-bond donors (Lipinski definition) is 0. The second-order valence-electron chi connectivity index (χ2n) is 5.47. The van der Waals surface area contributed by atoms with Crippen molar-refractivity contribution in [3.63, 3.8) is 0 Å². The van der Waals surface area contributed by atoms with Crippen LogP contribution in [-0.4, -0.2) is 5.78 Å². The Bertz CT molecular complexity index is 300. The van der Waals surface area contributed by atoms with Crippen molar-refractivity contribution in [3.8, 4) is 0 Å². The fraction of sp³-hybridized carbons (Fsp3) is 0.769. The molecule has 1 nitrogen and oxygen atoms in total. The summed E-state index contributed by atoms with van der Waals surface area (Å²) in [5, 5.41) is 0. The van der Waals surface area contributed by atoms with Gasteiger partial charge in [-0.15, -0.1) is 0 Å². The first-order chi connectivity index (χ1) is 6.53. The van der Waals surface area contributed by atoms with E-state index >= 15 is 0 Å². The summed E-state index contributed by atoms with van der Waals surface area (Å²) in [7, 11) is 0. The normalized spacial score (nSPS) is 38.5. The molecule has 2 rings (SSSR count). The average molecular weight is 192 g/mol. The van der Waals surface area contributed by atoms with Gasteiger partial charge in [0.1, 0.15) is 5.78 Å². The van der Waals surface area contributed by atoms with Gasteiger partial charge in [-0.3, -0.25) is 4.79 Å². The molecule has 0 saturated heterocycles. The number of fused-ring (bicyclic) bond motifs is 1. The van der Waals surface area contributed by atoms with Gasteiger partial charge in [-0.25, -0.2) is 0 Å². The lowest BCUT2D eigenvalue weighted by molar-refractivity contribution is -0.130. The molecule has 0 aromatic rings. The summed E-state index contributed by atoms with van der Waals surface area (Å²) in [4.78, 5) is 11.9. The highest BCUT2D eigenvalue weighted by Gasteiger charge is 2.43. The molecule has 2 aliphatic carbocycles. The summed E-state index contributed by atoms with van der Waals surface area (Å²) < 4.78 is 0. The molecule has 0 spiro atoms. The van der Waals surface area contributed by atoms with Crippen molar-refractivity contribution >= 4 is 5.78 Å². The molecule has 0 bridgehead atoms. The second kappa shape index (κ2) is 3.22. The van der Waals surface area contributed by atoms with Crippen molar-refractivity contribution in [1.29, 1.82) is 0 Å². The first-order valence-electron chi connectivity index (χ1n) is 5.71. The summed E-state index contributed by atoms with van der Waals surface area (Å²) in [6.45, 7) is 6.73. The van der Waals surface area contributed by atoms with Crippen LogP contribution < -0.4 is 0 Å². The first kappa shape index (κ1) is 9.95. The topological polar surface area (TPSA) is 17.1 Å². The van der Waals surface area contributed by atoms with Crippen LogP contribution in [0.5, 0.6) is 0 Å². The van der Waals surface area contributed by atoms with E-state index in [1.165, 1.54) is 17.6 Å². The van der Waals surface area contributed by atoms with Crippen molar-refractivity contribution in [2.75, 3.05) is 0 Å². The van der Waals surface area contributed by atoms with Gasteiger partial charge in [-0.1, -0.05) is 18.1 Å². The van der Waals surface area contributed by atoms with Gasteiger partial charge in [0, 0.05) is 12.3 Å². The Labute approximate surface area is 86.6 Å². The number of Topliss-reactive ketones (excluding diaryl/α,β-unsaturated/α-hetero) is 1. The van der Waals surface area contributed by atoms with Crippen LogP contribution in [0.25, 0.3) is 0 Å². The number of carbonyl (C=O) groups excluding carboxylic acids is 1. The number of carbonyl (C=O) groups is 1. The Kier molecular flexibility index (Phi) is 2.29. The number of allylic oxidation sites excluding steroid dienone is 2. The van der Waals surface area contributed by atoms with Gasteiger partial charge in [0.25, 0.3) is 0 Å². The minimum absolute atomic E-state index is 0.291. The highest BCUT2D eigenvalue weighted by atomic mass is 16.1. The van der Waals surface area contributed by atoms with Crippen LogP contribution in [0.3, 0.4) is 0 Å². The van der Waals surface area contributed by atoms with Crippen LogP contribution in [0.4, 0.5) is 0 Å². The van der Waals surface area contributed by atoms with Gasteiger partial charge >= 0.3 is 0 Å². The van der Waals surface area contributed by atoms with Crippen molar-refractivity contribution in [2.45, 2.75) is 52.9 Å². The van der Waals surface area contributed by atoms with Crippen LogP contribution in [-0.2, 0) is 4.79 Å². The molecule has 78 valence electrons. The molecule has 0 aromatic heterocycles. The van der Waals surface area contributed by atoms with Gasteiger partial charge < -0.3 is 0 Å². The van der Waals surface area contributed by atoms with E-state index in [9.17, 15) is 4.79 Å². The molecule has 2 atom stereocenters. The Balaban J connectivity index is 2.32. The molecule has 0 aromatic carbocycles. The third-order valence-corrected chi connectivity index (χ3v) is 4.31. The maximum Gasteiger partial charge on any atom is 0.136 e. The predicted molar refractivity (Wildman–Crippen MR) is 58.1 cm³/mol. The third kappa shape index (κ3) is 1.43.